The van der Waals surface area contributed by atoms with E-state index in [4.69, 9.17) is 14.2 Å². The Morgan fingerprint density at radius 1 is 1.29 bits per heavy atom. The Bertz CT molecular complexity index is 686. The number of aldehydes is 1. The van der Waals surface area contributed by atoms with Crippen molar-refractivity contribution in [2.24, 2.45) is 0 Å². The number of hydrogen-bond acceptors (Lipinski definition) is 8. The second-order valence-electron chi connectivity index (χ2n) is 5.53. The molecule has 0 unspecified atom stereocenters. The molecule has 1 heterocycles. The molecule has 1 fully saturated rings. The second-order valence-corrected chi connectivity index (χ2v) is 5.53. The van der Waals surface area contributed by atoms with Gasteiger partial charge < -0.3 is 14.2 Å². The number of carbonyl (C=O) groups excluding carboxylic acids is 5. The van der Waals surface area contributed by atoms with Crippen LogP contribution in [0.15, 0.2) is 23.3 Å². The number of ether oxygens (including phenoxy) is 3. The van der Waals surface area contributed by atoms with Crippen LogP contribution in [0.3, 0.4) is 0 Å². The molecule has 1 saturated heterocycles. The lowest BCUT2D eigenvalue weighted by atomic mass is 9.83. The summed E-state index contributed by atoms with van der Waals surface area (Å²) in [6.45, 7) is 3.45. The van der Waals surface area contributed by atoms with Gasteiger partial charge in [-0.25, -0.2) is 0 Å². The maximum Gasteiger partial charge on any atom is 0.303 e. The minimum Gasteiger partial charge on any atom is -0.461 e. The summed E-state index contributed by atoms with van der Waals surface area (Å²) in [7, 11) is 0. The lowest BCUT2D eigenvalue weighted by Crippen LogP contribution is -2.46. The molecule has 0 amide bonds. The standard InChI is InChI=1S/C16H16O8/c1-8(6-17)4-13(23-10(3)19)16-12(20)5-11(7-22-9(2)18)14(21)15(16)24-16/h4-6,13,15H,7H2,1-3H3/b8-4+/t13-,15+,16+/m0/s1. The molecule has 0 radical (unpaired) electrons. The molecular weight excluding hydrogens is 320 g/mol. The number of fused-ring (bicyclic) bond motifs is 1. The quantitative estimate of drug-likeness (QED) is 0.284. The van der Waals surface area contributed by atoms with E-state index in [0.29, 0.717) is 6.29 Å². The highest BCUT2D eigenvalue weighted by molar-refractivity contribution is 6.19. The van der Waals surface area contributed by atoms with Crippen molar-refractivity contribution >= 4 is 29.8 Å². The molecule has 0 aromatic rings. The Hall–Kier alpha value is -2.61. The van der Waals surface area contributed by atoms with Crippen LogP contribution in [0.5, 0.6) is 0 Å². The monoisotopic (exact) mass is 336 g/mol. The first-order chi connectivity index (χ1) is 11.2. The topological polar surface area (TPSA) is 116 Å². The smallest absolute Gasteiger partial charge is 0.303 e. The summed E-state index contributed by atoms with van der Waals surface area (Å²) >= 11 is 0. The first-order valence-corrected chi connectivity index (χ1v) is 7.13. The van der Waals surface area contributed by atoms with E-state index in [1.165, 1.54) is 19.9 Å². The van der Waals surface area contributed by atoms with E-state index in [0.717, 1.165) is 13.0 Å². The van der Waals surface area contributed by atoms with Crippen LogP contribution in [0.2, 0.25) is 0 Å². The SMILES string of the molecule is CC(=O)OCC1=CC(=O)[C@]2([C@H](/C=C(\C)C=O)OC(C)=O)O[C@@H]2C1=O. The molecular formula is C16H16O8. The Morgan fingerprint density at radius 2 is 1.96 bits per heavy atom. The van der Waals surface area contributed by atoms with Crippen LogP contribution in [-0.2, 0) is 38.2 Å². The van der Waals surface area contributed by atoms with E-state index in [2.05, 4.69) is 0 Å². The summed E-state index contributed by atoms with van der Waals surface area (Å²) in [4.78, 5) is 57.7. The number of Topliss-reactive ketones (excluding diaryl/α,β-unsaturated/α-hetero) is 1. The minimum absolute atomic E-state index is 0.00555. The molecule has 3 atom stereocenters. The second kappa shape index (κ2) is 6.48. The Labute approximate surface area is 137 Å². The van der Waals surface area contributed by atoms with Crippen LogP contribution >= 0.6 is 0 Å². The minimum atomic E-state index is -1.66. The van der Waals surface area contributed by atoms with Gasteiger partial charge in [-0.3, -0.25) is 24.0 Å². The van der Waals surface area contributed by atoms with Crippen molar-refractivity contribution in [3.05, 3.63) is 23.3 Å². The van der Waals surface area contributed by atoms with E-state index in [9.17, 15) is 24.0 Å². The summed E-state index contributed by atoms with van der Waals surface area (Å²) in [5.41, 5.74) is -1.43. The molecule has 0 aromatic heterocycles. The highest BCUT2D eigenvalue weighted by atomic mass is 16.7. The van der Waals surface area contributed by atoms with Gasteiger partial charge in [0.05, 0.1) is 0 Å². The fraction of sp³-hybridized carbons (Fsp3) is 0.438. The van der Waals surface area contributed by atoms with Gasteiger partial charge in [0.25, 0.3) is 0 Å². The van der Waals surface area contributed by atoms with Crippen molar-refractivity contribution in [1.29, 1.82) is 0 Å². The van der Waals surface area contributed by atoms with Crippen LogP contribution < -0.4 is 0 Å². The van der Waals surface area contributed by atoms with E-state index in [1.54, 1.807) is 0 Å². The number of allylic oxidation sites excluding steroid dienone is 1. The predicted molar refractivity (Wildman–Crippen MR) is 77.7 cm³/mol. The van der Waals surface area contributed by atoms with Crippen molar-refractivity contribution in [3.8, 4) is 0 Å². The number of carbonyl (C=O) groups is 5. The number of rotatable bonds is 6. The van der Waals surface area contributed by atoms with Gasteiger partial charge in [0, 0.05) is 19.4 Å². The first-order valence-electron chi connectivity index (χ1n) is 7.13. The fourth-order valence-corrected chi connectivity index (χ4v) is 2.46. The zero-order valence-corrected chi connectivity index (χ0v) is 13.4. The molecule has 0 bridgehead atoms. The number of epoxide rings is 1. The van der Waals surface area contributed by atoms with Gasteiger partial charge in [0.1, 0.15) is 12.9 Å². The summed E-state index contributed by atoms with van der Waals surface area (Å²) < 4.78 is 15.1. The largest absolute Gasteiger partial charge is 0.461 e. The van der Waals surface area contributed by atoms with Crippen molar-refractivity contribution in [1.82, 2.24) is 0 Å². The van der Waals surface area contributed by atoms with E-state index in [1.807, 2.05) is 0 Å². The van der Waals surface area contributed by atoms with Crippen molar-refractivity contribution in [2.75, 3.05) is 6.61 Å². The molecule has 0 spiro atoms. The van der Waals surface area contributed by atoms with Gasteiger partial charge in [-0.15, -0.1) is 0 Å². The molecule has 1 aliphatic heterocycles. The number of hydrogen-bond donors (Lipinski definition) is 0. The van der Waals surface area contributed by atoms with Gasteiger partial charge in [0.2, 0.25) is 5.60 Å². The lowest BCUT2D eigenvalue weighted by Gasteiger charge is -2.22. The molecule has 2 aliphatic rings. The molecule has 0 N–H and O–H groups in total. The molecule has 0 aromatic carbocycles. The fourth-order valence-electron chi connectivity index (χ4n) is 2.46. The Morgan fingerprint density at radius 3 is 2.50 bits per heavy atom. The van der Waals surface area contributed by atoms with Crippen molar-refractivity contribution in [2.45, 2.75) is 38.6 Å². The number of esters is 2. The summed E-state index contributed by atoms with van der Waals surface area (Å²) in [5, 5.41) is 0. The predicted octanol–water partition coefficient (Wildman–Crippen LogP) is -0.158. The first kappa shape index (κ1) is 17.7. The van der Waals surface area contributed by atoms with Crippen molar-refractivity contribution in [3.63, 3.8) is 0 Å². The number of ketones is 2. The van der Waals surface area contributed by atoms with E-state index >= 15 is 0 Å². The Balaban J connectivity index is 2.32. The highest BCUT2D eigenvalue weighted by Gasteiger charge is 2.72. The molecule has 2 rings (SSSR count). The van der Waals surface area contributed by atoms with Crippen LogP contribution in [0.4, 0.5) is 0 Å². The highest BCUT2D eigenvalue weighted by Crippen LogP contribution is 2.47. The average molecular weight is 336 g/mol. The van der Waals surface area contributed by atoms with Crippen LogP contribution in [0.25, 0.3) is 0 Å². The lowest BCUT2D eigenvalue weighted by molar-refractivity contribution is -0.149. The summed E-state index contributed by atoms with van der Waals surface area (Å²) in [6.07, 6.45) is 0.482. The maximum atomic E-state index is 12.4. The van der Waals surface area contributed by atoms with Gasteiger partial charge in [0.15, 0.2) is 23.8 Å². The third-order valence-electron chi connectivity index (χ3n) is 3.64. The third kappa shape index (κ3) is 3.18. The molecule has 8 nitrogen and oxygen atoms in total. The summed E-state index contributed by atoms with van der Waals surface area (Å²) in [5.74, 6) is -2.39. The maximum absolute atomic E-state index is 12.4. The zero-order chi connectivity index (χ0) is 18.1. The summed E-state index contributed by atoms with van der Waals surface area (Å²) in [6, 6.07) is 0. The van der Waals surface area contributed by atoms with Crippen molar-refractivity contribution < 1.29 is 38.2 Å². The molecule has 24 heavy (non-hydrogen) atoms. The van der Waals surface area contributed by atoms with Gasteiger partial charge in [-0.05, 0) is 24.6 Å². The van der Waals surface area contributed by atoms with Gasteiger partial charge in [-0.2, -0.15) is 0 Å². The third-order valence-corrected chi connectivity index (χ3v) is 3.64. The van der Waals surface area contributed by atoms with Gasteiger partial charge >= 0.3 is 11.9 Å². The molecule has 0 saturated carbocycles. The van der Waals surface area contributed by atoms with E-state index in [-0.39, 0.29) is 17.8 Å². The molecule has 8 heteroatoms. The zero-order valence-electron chi connectivity index (χ0n) is 13.4. The average Bonchev–Trinajstić information content (AvgIpc) is 3.25. The van der Waals surface area contributed by atoms with Crippen LogP contribution in [0, 0.1) is 0 Å². The van der Waals surface area contributed by atoms with Gasteiger partial charge in [-0.1, -0.05) is 0 Å². The van der Waals surface area contributed by atoms with Crippen LogP contribution in [-0.4, -0.2) is 54.2 Å². The molecule has 1 aliphatic carbocycles. The Kier molecular flexibility index (Phi) is 4.79. The van der Waals surface area contributed by atoms with Crippen LogP contribution in [0.1, 0.15) is 20.8 Å². The normalized spacial score (nSPS) is 26.9. The van der Waals surface area contributed by atoms with E-state index < -0.39 is 41.3 Å². The molecule has 128 valence electrons.